The first kappa shape index (κ1) is 27.2. The van der Waals surface area contributed by atoms with Gasteiger partial charge >= 0.3 is 0 Å². The molecule has 2 aromatic rings. The molecule has 5 rings (SSSR count). The molecule has 12 nitrogen and oxygen atoms in total. The highest BCUT2D eigenvalue weighted by atomic mass is 16.7. The molecule has 1 fully saturated rings. The lowest BCUT2D eigenvalue weighted by Gasteiger charge is -2.42. The van der Waals surface area contributed by atoms with Gasteiger partial charge in [0.2, 0.25) is 5.78 Å². The van der Waals surface area contributed by atoms with E-state index in [2.05, 4.69) is 0 Å². The third-order valence-corrected chi connectivity index (χ3v) is 7.81. The molecule has 0 spiro atoms. The van der Waals surface area contributed by atoms with Crippen LogP contribution in [0.15, 0.2) is 18.2 Å². The van der Waals surface area contributed by atoms with Crippen LogP contribution in [0.2, 0.25) is 0 Å². The molecule has 2 aromatic carbocycles. The maximum absolute atomic E-state index is 13.6. The molecule has 0 unspecified atom stereocenters. The van der Waals surface area contributed by atoms with E-state index in [1.165, 1.54) is 25.3 Å². The average Bonchev–Trinajstić information content (AvgIpc) is 2.90. The Bertz CT molecular complexity index is 1380. The number of nitrogens with two attached hydrogens (primary N) is 1. The van der Waals surface area contributed by atoms with Gasteiger partial charge < -0.3 is 45.5 Å². The zero-order chi connectivity index (χ0) is 28.4. The molecule has 0 aromatic heterocycles. The van der Waals surface area contributed by atoms with Gasteiger partial charge in [-0.1, -0.05) is 12.1 Å². The van der Waals surface area contributed by atoms with Crippen molar-refractivity contribution in [3.05, 3.63) is 51.6 Å². The van der Waals surface area contributed by atoms with Crippen LogP contribution in [0.25, 0.3) is 0 Å². The highest BCUT2D eigenvalue weighted by molar-refractivity contribution is 6.31. The number of phenolic OH excluding ortho intramolecular Hbond substituents is 2. The van der Waals surface area contributed by atoms with Crippen LogP contribution in [0.3, 0.4) is 0 Å². The van der Waals surface area contributed by atoms with E-state index in [-0.39, 0.29) is 34.4 Å². The predicted octanol–water partition coefficient (Wildman–Crippen LogP) is 0.00130. The number of carbonyl (C=O) groups excluding carboxylic acids is 3. The molecule has 0 radical (unpaired) electrons. The number of benzene rings is 2. The molecule has 1 heterocycles. The highest BCUT2D eigenvalue weighted by Gasteiger charge is 2.50. The Morgan fingerprint density at radius 2 is 1.85 bits per heavy atom. The summed E-state index contributed by atoms with van der Waals surface area (Å²) in [4.78, 5) is 39.7. The van der Waals surface area contributed by atoms with Gasteiger partial charge in [0, 0.05) is 42.0 Å². The number of methoxy groups -OCH3 is 1. The number of rotatable bonds is 5. The molecular formula is C27H29NO11. The summed E-state index contributed by atoms with van der Waals surface area (Å²) in [7, 11) is 1.32. The lowest BCUT2D eigenvalue weighted by atomic mass is 9.72. The Morgan fingerprint density at radius 1 is 1.15 bits per heavy atom. The van der Waals surface area contributed by atoms with Crippen LogP contribution in [0.1, 0.15) is 68.8 Å². The average molecular weight is 544 g/mol. The van der Waals surface area contributed by atoms with Crippen molar-refractivity contribution in [2.24, 2.45) is 5.73 Å². The summed E-state index contributed by atoms with van der Waals surface area (Å²) in [5, 5.41) is 53.7. The van der Waals surface area contributed by atoms with E-state index in [9.17, 15) is 39.9 Å². The molecule has 7 N–H and O–H groups in total. The largest absolute Gasteiger partial charge is 0.507 e. The molecule has 12 heteroatoms. The molecule has 3 aliphatic rings. The number of hydrogen-bond acceptors (Lipinski definition) is 12. The van der Waals surface area contributed by atoms with Crippen molar-refractivity contribution in [2.45, 2.75) is 62.4 Å². The number of phenols is 2. The van der Waals surface area contributed by atoms with Crippen molar-refractivity contribution >= 4 is 17.3 Å². The van der Waals surface area contributed by atoms with Crippen molar-refractivity contribution in [3.63, 3.8) is 0 Å². The molecule has 0 saturated carbocycles. The van der Waals surface area contributed by atoms with Gasteiger partial charge in [-0.05, 0) is 13.0 Å². The second-order valence-corrected chi connectivity index (χ2v) is 10.2. The minimum Gasteiger partial charge on any atom is -0.507 e. The van der Waals surface area contributed by atoms with Gasteiger partial charge in [0.05, 0.1) is 42.1 Å². The van der Waals surface area contributed by atoms with Crippen molar-refractivity contribution in [1.29, 1.82) is 0 Å². The number of aliphatic hydroxyl groups excluding tert-OH is 2. The van der Waals surface area contributed by atoms with Crippen molar-refractivity contribution in [2.75, 3.05) is 13.7 Å². The van der Waals surface area contributed by atoms with E-state index >= 15 is 0 Å². The number of Topliss-reactive ketones (excluding diaryl/α,β-unsaturated/α-hetero) is 1. The van der Waals surface area contributed by atoms with Gasteiger partial charge in [-0.3, -0.25) is 14.4 Å². The summed E-state index contributed by atoms with van der Waals surface area (Å²) in [5.74, 6) is -3.77. The van der Waals surface area contributed by atoms with Gasteiger partial charge in [0.25, 0.3) is 0 Å². The molecule has 39 heavy (non-hydrogen) atoms. The van der Waals surface area contributed by atoms with E-state index in [1.54, 1.807) is 6.92 Å². The standard InChI is InChI=1S/C27H29NO11/c1-10-22(31)13(28)6-17(38-10)39-15-8-27(36,16(30)9-29)7-12-19(15)26(35)21-20(24(12)33)23(32)11-4-3-5-14(37-2)18(11)25(21)34/h3-5,10,13,15,17,22,29,31,33,35-36H,6-9,28H2,1-2H3/t10-,13+,15-,17+,22-,27-/m0/s1. The summed E-state index contributed by atoms with van der Waals surface area (Å²) in [6, 6.07) is 3.64. The second-order valence-electron chi connectivity index (χ2n) is 10.2. The lowest BCUT2D eigenvalue weighted by Crippen LogP contribution is -2.53. The number of aromatic hydroxyl groups is 2. The molecule has 208 valence electrons. The van der Waals surface area contributed by atoms with Crippen molar-refractivity contribution < 1.29 is 54.1 Å². The van der Waals surface area contributed by atoms with E-state index in [0.717, 1.165) is 0 Å². The molecule has 2 aliphatic carbocycles. The lowest BCUT2D eigenvalue weighted by molar-refractivity contribution is -0.247. The monoisotopic (exact) mass is 543 g/mol. The number of fused-ring (bicyclic) bond motifs is 3. The fourth-order valence-electron chi connectivity index (χ4n) is 5.75. The summed E-state index contributed by atoms with van der Waals surface area (Å²) in [5.41, 5.74) is 2.37. The second kappa shape index (κ2) is 9.66. The molecule has 1 aliphatic heterocycles. The summed E-state index contributed by atoms with van der Waals surface area (Å²) >= 11 is 0. The molecular weight excluding hydrogens is 514 g/mol. The fourth-order valence-corrected chi connectivity index (χ4v) is 5.75. The van der Waals surface area contributed by atoms with Crippen LogP contribution in [-0.2, 0) is 20.7 Å². The van der Waals surface area contributed by atoms with Crippen molar-refractivity contribution in [3.8, 4) is 17.2 Å². The number of ketones is 3. The van der Waals surface area contributed by atoms with Crippen LogP contribution in [0, 0.1) is 0 Å². The van der Waals surface area contributed by atoms with Crippen molar-refractivity contribution in [1.82, 2.24) is 0 Å². The van der Waals surface area contributed by atoms with Crippen LogP contribution in [0.4, 0.5) is 0 Å². The van der Waals surface area contributed by atoms with Gasteiger partial charge in [0.15, 0.2) is 17.9 Å². The summed E-state index contributed by atoms with van der Waals surface area (Å²) < 4.78 is 17.0. The van der Waals surface area contributed by atoms with Gasteiger partial charge in [-0.25, -0.2) is 0 Å². The van der Waals surface area contributed by atoms with Crippen LogP contribution in [0.5, 0.6) is 17.2 Å². The molecule has 1 saturated heterocycles. The number of aliphatic hydroxyl groups is 3. The molecule has 6 atom stereocenters. The van der Waals surface area contributed by atoms with E-state index in [1.807, 2.05) is 0 Å². The highest BCUT2D eigenvalue weighted by Crippen LogP contribution is 2.52. The molecule has 0 amide bonds. The topological polar surface area (TPSA) is 206 Å². The Hall–Kier alpha value is -3.39. The normalized spacial score (nSPS) is 29.8. The maximum Gasteiger partial charge on any atom is 0.202 e. The predicted molar refractivity (Wildman–Crippen MR) is 132 cm³/mol. The SMILES string of the molecule is COc1cccc2c1C(=O)c1c(O)c3c(c(O)c1C2=O)C[C@@](O)(C(=O)CO)C[C@@H]3O[C@@H]1C[C@@H](N)[C@@H](O)[C@H](C)O1. The Labute approximate surface area is 222 Å². The molecule has 0 bridgehead atoms. The number of carbonyl (C=O) groups is 3. The van der Waals surface area contributed by atoms with Crippen LogP contribution < -0.4 is 10.5 Å². The minimum atomic E-state index is -2.24. The van der Waals surface area contributed by atoms with Gasteiger partial charge in [-0.2, -0.15) is 0 Å². The van der Waals surface area contributed by atoms with E-state index in [4.69, 9.17) is 19.9 Å². The van der Waals surface area contributed by atoms with Crippen LogP contribution >= 0.6 is 0 Å². The summed E-state index contributed by atoms with van der Waals surface area (Å²) in [6.07, 6.45) is -5.12. The Balaban J connectivity index is 1.69. The van der Waals surface area contributed by atoms with E-state index in [0.29, 0.717) is 0 Å². The Kier molecular flexibility index (Phi) is 6.74. The maximum atomic E-state index is 13.6. The summed E-state index contributed by atoms with van der Waals surface area (Å²) in [6.45, 7) is 0.560. The Morgan fingerprint density at radius 3 is 2.49 bits per heavy atom. The first-order valence-corrected chi connectivity index (χ1v) is 12.4. The zero-order valence-corrected chi connectivity index (χ0v) is 21.2. The zero-order valence-electron chi connectivity index (χ0n) is 21.2. The first-order chi connectivity index (χ1) is 18.4. The van der Waals surface area contributed by atoms with Gasteiger partial charge in [0.1, 0.15) is 29.5 Å². The third-order valence-electron chi connectivity index (χ3n) is 7.81. The van der Waals surface area contributed by atoms with E-state index < -0.39 is 95.7 Å². The number of ether oxygens (including phenoxy) is 3. The fraction of sp³-hybridized carbons (Fsp3) is 0.444. The van der Waals surface area contributed by atoms with Gasteiger partial charge in [-0.15, -0.1) is 0 Å². The van der Waals surface area contributed by atoms with Crippen LogP contribution in [-0.4, -0.2) is 86.7 Å². The smallest absolute Gasteiger partial charge is 0.202 e. The first-order valence-electron chi connectivity index (χ1n) is 12.4. The number of hydrogen-bond donors (Lipinski definition) is 6. The third kappa shape index (κ3) is 4.11. The minimum absolute atomic E-state index is 0.0173. The quantitative estimate of drug-likeness (QED) is 0.235.